The van der Waals surface area contributed by atoms with Gasteiger partial charge < -0.3 is 34.5 Å². The maximum absolute atomic E-state index is 10.3. The van der Waals surface area contributed by atoms with Gasteiger partial charge >= 0.3 is 29.2 Å². The molecule has 0 aliphatic heterocycles. The van der Waals surface area contributed by atoms with Gasteiger partial charge in [-0.1, -0.05) is 6.92 Å². The first-order chi connectivity index (χ1) is 7.64. The zero-order chi connectivity index (χ0) is 15.4. The number of carbonyl (C=O) groups is 1. The lowest BCUT2D eigenvalue weighted by atomic mass is 10.5. The predicted molar refractivity (Wildman–Crippen MR) is 55.9 cm³/mol. The van der Waals surface area contributed by atoms with E-state index >= 15 is 0 Å². The van der Waals surface area contributed by atoms with Crippen LogP contribution < -0.4 is 0 Å². The van der Waals surface area contributed by atoms with E-state index in [2.05, 4.69) is 0 Å². The summed E-state index contributed by atoms with van der Waals surface area (Å²) in [5.41, 5.74) is 0. The van der Waals surface area contributed by atoms with E-state index in [4.69, 9.17) is 34.5 Å². The fourth-order valence-electron chi connectivity index (χ4n) is 0.455. The average Bonchev–Trinajstić information content (AvgIpc) is 1.95. The number of aliphatic carboxylic acids is 1. The number of carboxylic acids is 1. The van der Waals surface area contributed by atoms with Crippen molar-refractivity contribution in [3.05, 3.63) is 0 Å². The molecule has 0 rings (SSSR count). The number of nitrogens with zero attached hydrogens (tertiary/aromatic N) is 1. The van der Waals surface area contributed by atoms with E-state index in [1.165, 1.54) is 0 Å². The molecule has 0 heterocycles. The molecule has 0 aromatic carbocycles. The van der Waals surface area contributed by atoms with Crippen molar-refractivity contribution in [3.8, 4) is 0 Å². The van der Waals surface area contributed by atoms with Crippen molar-refractivity contribution < 1.29 is 53.0 Å². The van der Waals surface area contributed by atoms with Crippen LogP contribution in [0.15, 0.2) is 0 Å². The minimum Gasteiger partial charge on any atom is -0.481 e. The lowest BCUT2D eigenvalue weighted by molar-refractivity contribution is -0.136. The van der Waals surface area contributed by atoms with Crippen molar-refractivity contribution in [2.24, 2.45) is 0 Å². The molecule has 7 N–H and O–H groups in total. The Morgan fingerprint density at radius 2 is 1.06 bits per heavy atom. The van der Waals surface area contributed by atoms with Crippen LogP contribution in [0.2, 0.25) is 0 Å². The standard InChI is InChI=1S/C3H6O2.H6NO9P3/c1-2-3(4)5;2-11(3,4)1(12(5,6)7)13(8,9)10/h2H2,1H3,(H,4,5);(H2,2,3,4)(H2,5,6,7)(H2,8,9,10). The van der Waals surface area contributed by atoms with Gasteiger partial charge in [-0.05, 0) is 4.21 Å². The molecule has 0 bridgehead atoms. The fraction of sp³-hybridized carbons (Fsp3) is 0.667. The normalized spacial score (nSPS) is 12.9. The molecule has 0 aliphatic rings. The van der Waals surface area contributed by atoms with Gasteiger partial charge in [-0.25, -0.2) is 13.7 Å². The Hall–Kier alpha value is -0.120. The van der Waals surface area contributed by atoms with E-state index < -0.39 is 33.4 Å². The van der Waals surface area contributed by atoms with Crippen LogP contribution in [0.5, 0.6) is 0 Å². The van der Waals surface area contributed by atoms with Crippen LogP contribution in [0.3, 0.4) is 0 Å². The summed E-state index contributed by atoms with van der Waals surface area (Å²) < 4.78 is 29.3. The van der Waals surface area contributed by atoms with Crippen molar-refractivity contribution in [2.45, 2.75) is 13.3 Å². The quantitative estimate of drug-likeness (QED) is 0.310. The van der Waals surface area contributed by atoms with Crippen LogP contribution in [0.25, 0.3) is 0 Å². The highest BCUT2D eigenvalue weighted by Gasteiger charge is 2.51. The molecule has 0 radical (unpaired) electrons. The average molecular weight is 331 g/mol. The van der Waals surface area contributed by atoms with Crippen molar-refractivity contribution in [1.29, 1.82) is 0 Å². The topological polar surface area (TPSA) is 213 Å². The van der Waals surface area contributed by atoms with Gasteiger partial charge in [-0.3, -0.25) is 4.79 Å². The van der Waals surface area contributed by atoms with Crippen LogP contribution in [-0.2, 0) is 18.5 Å². The molecule has 0 saturated carbocycles. The Morgan fingerprint density at radius 1 is 0.889 bits per heavy atom. The molecule has 0 aromatic heterocycles. The summed E-state index contributed by atoms with van der Waals surface area (Å²) in [7, 11) is -17.1. The van der Waals surface area contributed by atoms with Gasteiger partial charge in [-0.15, -0.1) is 0 Å². The second-order valence-corrected chi connectivity index (χ2v) is 7.78. The Balaban J connectivity index is 0. The third kappa shape index (κ3) is 8.90. The van der Waals surface area contributed by atoms with Gasteiger partial charge in [0.25, 0.3) is 0 Å². The molecule has 0 aliphatic carbocycles. The number of rotatable bonds is 4. The second-order valence-electron chi connectivity index (χ2n) is 2.56. The van der Waals surface area contributed by atoms with E-state index in [-0.39, 0.29) is 6.42 Å². The van der Waals surface area contributed by atoms with Crippen LogP contribution in [-0.4, -0.2) is 44.6 Å². The van der Waals surface area contributed by atoms with Crippen molar-refractivity contribution in [1.82, 2.24) is 4.21 Å². The fourth-order valence-corrected chi connectivity index (χ4v) is 4.10. The second kappa shape index (κ2) is 6.88. The largest absolute Gasteiger partial charge is 0.481 e. The molecule has 0 saturated heterocycles. The van der Waals surface area contributed by atoms with Gasteiger partial charge in [0.05, 0.1) is 0 Å². The smallest absolute Gasteiger partial charge is 0.422 e. The van der Waals surface area contributed by atoms with Crippen LogP contribution in [0.1, 0.15) is 13.3 Å². The summed E-state index contributed by atoms with van der Waals surface area (Å²) in [6.45, 7) is 1.60. The third-order valence-corrected chi connectivity index (χ3v) is 6.59. The van der Waals surface area contributed by atoms with Crippen LogP contribution >= 0.6 is 23.2 Å². The summed E-state index contributed by atoms with van der Waals surface area (Å²) in [6, 6.07) is 0. The Bertz CT molecular complexity index is 361. The first-order valence-corrected chi connectivity index (χ1v) is 8.53. The molecular weight excluding hydrogens is 319 g/mol. The number of carboxylic acid groups (broad SMARTS) is 1. The maximum Gasteiger partial charge on any atom is 0.422 e. The number of hydrogen-bond acceptors (Lipinski definition) is 4. The lowest BCUT2D eigenvalue weighted by Gasteiger charge is -2.22. The van der Waals surface area contributed by atoms with E-state index in [1.54, 1.807) is 6.92 Å². The van der Waals surface area contributed by atoms with Crippen LogP contribution in [0, 0.1) is 0 Å². The van der Waals surface area contributed by atoms with Crippen molar-refractivity contribution in [2.75, 3.05) is 0 Å². The van der Waals surface area contributed by atoms with Gasteiger partial charge in [0.15, 0.2) is 0 Å². The summed E-state index contributed by atoms with van der Waals surface area (Å²) in [6.07, 6.45) is 0.222. The lowest BCUT2D eigenvalue weighted by Crippen LogP contribution is -2.13. The van der Waals surface area contributed by atoms with E-state index in [1.807, 2.05) is 0 Å². The Labute approximate surface area is 101 Å². The summed E-state index contributed by atoms with van der Waals surface area (Å²) in [5, 5.41) is 7.72. The monoisotopic (exact) mass is 331 g/mol. The van der Waals surface area contributed by atoms with E-state index in [9.17, 15) is 18.5 Å². The Morgan fingerprint density at radius 3 is 1.06 bits per heavy atom. The molecule has 15 heteroatoms. The highest BCUT2D eigenvalue weighted by molar-refractivity contribution is 7.79. The molecule has 0 fully saturated rings. The first kappa shape index (κ1) is 20.2. The molecule has 0 unspecified atom stereocenters. The zero-order valence-corrected chi connectivity index (χ0v) is 11.4. The minimum absolute atomic E-state index is 0.222. The predicted octanol–water partition coefficient (Wildman–Crippen LogP) is -0.953. The van der Waals surface area contributed by atoms with E-state index in [0.29, 0.717) is 0 Å². The first-order valence-electron chi connectivity index (χ1n) is 3.84. The Kier molecular flexibility index (Phi) is 7.72. The molecule has 12 nitrogen and oxygen atoms in total. The number of hydrogen-bond donors (Lipinski definition) is 7. The molecule has 0 atom stereocenters. The van der Waals surface area contributed by atoms with E-state index in [0.717, 1.165) is 0 Å². The summed E-state index contributed by atoms with van der Waals surface area (Å²) in [5.74, 6) is -0.745. The van der Waals surface area contributed by atoms with Crippen molar-refractivity contribution in [3.63, 3.8) is 0 Å². The zero-order valence-electron chi connectivity index (χ0n) is 8.76. The summed E-state index contributed by atoms with van der Waals surface area (Å²) >= 11 is 0. The third-order valence-electron chi connectivity index (χ3n) is 1.00. The SMILES string of the molecule is CCC(=O)O.O=P(O)(O)N(P(=O)(O)O)P(=O)(O)O. The summed E-state index contributed by atoms with van der Waals surface area (Å²) in [4.78, 5) is 58.6. The molecule has 110 valence electrons. The molecule has 0 spiro atoms. The molecular formula is C3H12NO11P3. The van der Waals surface area contributed by atoms with Gasteiger partial charge in [-0.2, -0.15) is 0 Å². The highest BCUT2D eigenvalue weighted by atomic mass is 31.3. The van der Waals surface area contributed by atoms with Gasteiger partial charge in [0.2, 0.25) is 0 Å². The minimum atomic E-state index is -5.71. The van der Waals surface area contributed by atoms with Gasteiger partial charge in [0.1, 0.15) is 0 Å². The molecule has 0 amide bonds. The van der Waals surface area contributed by atoms with Gasteiger partial charge in [0, 0.05) is 6.42 Å². The molecule has 0 aromatic rings. The maximum atomic E-state index is 10.3. The molecule has 18 heavy (non-hydrogen) atoms. The van der Waals surface area contributed by atoms with Crippen molar-refractivity contribution >= 4 is 29.2 Å². The van der Waals surface area contributed by atoms with Crippen LogP contribution in [0.4, 0.5) is 0 Å². The highest BCUT2D eigenvalue weighted by Crippen LogP contribution is 2.71.